The topological polar surface area (TPSA) is 138 Å². The summed E-state index contributed by atoms with van der Waals surface area (Å²) in [4.78, 5) is 39.0. The molecule has 0 aliphatic rings. The standard InChI is InChI=1S/2C4H7NO3.Ca/c2*1-3(6)5-2-4(7)8;/h2*2H2,1H3,(H,5,6)(H,7,8);/q;;+2/p-2. The Hall–Kier alpha value is -0.860. The van der Waals surface area contributed by atoms with Crippen LogP contribution < -0.4 is 20.8 Å². The quantitative estimate of drug-likeness (QED) is 0.493. The van der Waals surface area contributed by atoms with Gasteiger partial charge in [-0.3, -0.25) is 9.59 Å². The van der Waals surface area contributed by atoms with E-state index in [0.717, 1.165) is 0 Å². The summed E-state index contributed by atoms with van der Waals surface area (Å²) >= 11 is 0. The molecule has 2 amide bonds. The van der Waals surface area contributed by atoms with Crippen LogP contribution >= 0.6 is 0 Å². The van der Waals surface area contributed by atoms with Crippen molar-refractivity contribution in [3.8, 4) is 0 Å². The van der Waals surface area contributed by atoms with Gasteiger partial charge in [-0.05, 0) is 0 Å². The van der Waals surface area contributed by atoms with Crippen molar-refractivity contribution in [2.45, 2.75) is 13.8 Å². The molecule has 0 unspecified atom stereocenters. The third kappa shape index (κ3) is 31.3. The molecule has 92 valence electrons. The van der Waals surface area contributed by atoms with Gasteiger partial charge in [0.15, 0.2) is 0 Å². The second kappa shape index (κ2) is 13.2. The van der Waals surface area contributed by atoms with Crippen molar-refractivity contribution in [2.24, 2.45) is 0 Å². The van der Waals surface area contributed by atoms with Crippen molar-refractivity contribution >= 4 is 61.5 Å². The van der Waals surface area contributed by atoms with Crippen LogP contribution in [0.4, 0.5) is 0 Å². The molecule has 9 heteroatoms. The molecule has 2 N–H and O–H groups in total. The van der Waals surface area contributed by atoms with Gasteiger partial charge in [0.1, 0.15) is 0 Å². The first-order valence-electron chi connectivity index (χ1n) is 4.14. The fourth-order valence-corrected chi connectivity index (χ4v) is 0.393. The van der Waals surface area contributed by atoms with E-state index >= 15 is 0 Å². The molecule has 0 fully saturated rings. The number of carbonyl (C=O) groups excluding carboxylic acids is 4. The van der Waals surface area contributed by atoms with Gasteiger partial charge in [0, 0.05) is 13.8 Å². The molecule has 0 radical (unpaired) electrons. The second-order valence-electron chi connectivity index (χ2n) is 2.56. The molecule has 0 aliphatic carbocycles. The molecular weight excluding hydrogens is 260 g/mol. The summed E-state index contributed by atoms with van der Waals surface area (Å²) in [5.74, 6) is -3.29. The summed E-state index contributed by atoms with van der Waals surface area (Å²) in [5.41, 5.74) is 0. The van der Waals surface area contributed by atoms with Gasteiger partial charge < -0.3 is 30.4 Å². The minimum Gasteiger partial charge on any atom is -0.548 e. The maximum absolute atomic E-state index is 9.95. The maximum Gasteiger partial charge on any atom is 2.00 e. The summed E-state index contributed by atoms with van der Waals surface area (Å²) in [7, 11) is 0. The summed E-state index contributed by atoms with van der Waals surface area (Å²) in [5, 5.41) is 23.2. The van der Waals surface area contributed by atoms with E-state index in [0.29, 0.717) is 0 Å². The van der Waals surface area contributed by atoms with E-state index in [4.69, 9.17) is 0 Å². The van der Waals surface area contributed by atoms with Crippen molar-refractivity contribution in [1.29, 1.82) is 0 Å². The van der Waals surface area contributed by atoms with E-state index in [9.17, 15) is 29.4 Å². The van der Waals surface area contributed by atoms with Gasteiger partial charge in [-0.25, -0.2) is 0 Å². The zero-order valence-electron chi connectivity index (χ0n) is 9.57. The first kappa shape index (κ1) is 21.4. The minimum absolute atomic E-state index is 0. The second-order valence-corrected chi connectivity index (χ2v) is 2.56. The number of hydrogen-bond donors (Lipinski definition) is 2. The van der Waals surface area contributed by atoms with Crippen molar-refractivity contribution in [1.82, 2.24) is 10.6 Å². The summed E-state index contributed by atoms with van der Waals surface area (Å²) in [6.45, 7) is 1.66. The molecule has 17 heavy (non-hydrogen) atoms. The number of carbonyl (C=O) groups is 4. The summed E-state index contributed by atoms with van der Waals surface area (Å²) in [6, 6.07) is 0. The predicted molar refractivity (Wildman–Crippen MR) is 53.1 cm³/mol. The van der Waals surface area contributed by atoms with E-state index < -0.39 is 25.0 Å². The Morgan fingerprint density at radius 2 is 1.06 bits per heavy atom. The fraction of sp³-hybridized carbons (Fsp3) is 0.500. The van der Waals surface area contributed by atoms with Crippen LogP contribution in [-0.4, -0.2) is 74.6 Å². The average Bonchev–Trinajstić information content (AvgIpc) is 2.12. The normalized spacial score (nSPS) is 7.65. The molecular formula is C8H12CaN2O6. The summed E-state index contributed by atoms with van der Waals surface area (Å²) in [6.07, 6.45) is 0. The number of aliphatic carboxylic acids is 2. The van der Waals surface area contributed by atoms with Crippen molar-refractivity contribution < 1.29 is 29.4 Å². The van der Waals surface area contributed by atoms with Crippen LogP contribution in [0.2, 0.25) is 0 Å². The van der Waals surface area contributed by atoms with E-state index in [-0.39, 0.29) is 49.6 Å². The first-order valence-corrected chi connectivity index (χ1v) is 4.14. The Kier molecular flexibility index (Phi) is 16.6. The van der Waals surface area contributed by atoms with Gasteiger partial charge in [-0.1, -0.05) is 0 Å². The van der Waals surface area contributed by atoms with Gasteiger partial charge in [0.2, 0.25) is 11.8 Å². The molecule has 0 aliphatic heterocycles. The third-order valence-corrected chi connectivity index (χ3v) is 0.963. The third-order valence-electron chi connectivity index (χ3n) is 0.963. The monoisotopic (exact) mass is 272 g/mol. The van der Waals surface area contributed by atoms with Crippen LogP contribution in [0.5, 0.6) is 0 Å². The van der Waals surface area contributed by atoms with Gasteiger partial charge in [-0.2, -0.15) is 0 Å². The molecule has 8 nitrogen and oxygen atoms in total. The minimum atomic E-state index is -1.28. The van der Waals surface area contributed by atoms with E-state index in [1.807, 2.05) is 10.6 Å². The van der Waals surface area contributed by atoms with Crippen LogP contribution in [0.25, 0.3) is 0 Å². The molecule has 0 atom stereocenters. The average molecular weight is 272 g/mol. The molecule has 0 rings (SSSR count). The van der Waals surface area contributed by atoms with Gasteiger partial charge >= 0.3 is 37.7 Å². The van der Waals surface area contributed by atoms with Gasteiger partial charge in [0.05, 0.1) is 25.0 Å². The van der Waals surface area contributed by atoms with Crippen LogP contribution in [0, 0.1) is 0 Å². The molecule has 0 heterocycles. The SMILES string of the molecule is CC(=O)NCC(=O)[O-].CC(=O)NCC(=O)[O-].[Ca+2]. The number of hydrogen-bond acceptors (Lipinski definition) is 6. The fourth-order valence-electron chi connectivity index (χ4n) is 0.393. The van der Waals surface area contributed by atoms with Crippen molar-refractivity contribution in [3.63, 3.8) is 0 Å². The number of carboxylic acid groups (broad SMARTS) is 2. The number of nitrogens with one attached hydrogen (secondary N) is 2. The number of rotatable bonds is 4. The smallest absolute Gasteiger partial charge is 0.548 e. The number of carboxylic acids is 2. The van der Waals surface area contributed by atoms with Crippen LogP contribution in [-0.2, 0) is 19.2 Å². The molecule has 0 aromatic rings. The Morgan fingerprint density at radius 3 is 1.12 bits per heavy atom. The van der Waals surface area contributed by atoms with Crippen molar-refractivity contribution in [2.75, 3.05) is 13.1 Å². The Morgan fingerprint density at radius 1 is 0.824 bits per heavy atom. The molecule has 0 saturated carbocycles. The molecule has 0 aromatic carbocycles. The van der Waals surface area contributed by atoms with Crippen molar-refractivity contribution in [3.05, 3.63) is 0 Å². The predicted octanol–water partition coefficient (Wildman–Crippen LogP) is -4.64. The van der Waals surface area contributed by atoms with E-state index in [1.54, 1.807) is 0 Å². The maximum atomic E-state index is 9.95. The van der Waals surface area contributed by atoms with E-state index in [1.165, 1.54) is 13.8 Å². The zero-order valence-corrected chi connectivity index (χ0v) is 11.8. The zero-order chi connectivity index (χ0) is 13.1. The van der Waals surface area contributed by atoms with E-state index in [2.05, 4.69) is 0 Å². The van der Waals surface area contributed by atoms with Gasteiger partial charge in [0.25, 0.3) is 0 Å². The van der Waals surface area contributed by atoms with Crippen LogP contribution in [0.1, 0.15) is 13.8 Å². The molecule has 0 bridgehead atoms. The van der Waals surface area contributed by atoms with Crippen LogP contribution in [0.15, 0.2) is 0 Å². The molecule has 0 saturated heterocycles. The molecule has 0 aromatic heterocycles. The largest absolute Gasteiger partial charge is 2.00 e. The van der Waals surface area contributed by atoms with Gasteiger partial charge in [-0.15, -0.1) is 0 Å². The number of amides is 2. The Bertz CT molecular complexity index is 225. The Balaban J connectivity index is -0.000000218. The summed E-state index contributed by atoms with van der Waals surface area (Å²) < 4.78 is 0. The Labute approximate surface area is 128 Å². The van der Waals surface area contributed by atoms with Crippen LogP contribution in [0.3, 0.4) is 0 Å². The molecule has 0 spiro atoms. The first-order chi connectivity index (χ1) is 7.25.